The Bertz CT molecular complexity index is 924. The number of benzene rings is 2. The van der Waals surface area contributed by atoms with Gasteiger partial charge in [0.1, 0.15) is 18.2 Å². The highest BCUT2D eigenvalue weighted by atomic mass is 79.9. The van der Waals surface area contributed by atoms with Crippen molar-refractivity contribution in [2.75, 3.05) is 0 Å². The summed E-state index contributed by atoms with van der Waals surface area (Å²) in [6.07, 6.45) is 5.04. The zero-order chi connectivity index (χ0) is 15.8. The predicted molar refractivity (Wildman–Crippen MR) is 94.2 cm³/mol. The van der Waals surface area contributed by atoms with E-state index in [2.05, 4.69) is 49.8 Å². The van der Waals surface area contributed by atoms with Gasteiger partial charge in [-0.25, -0.2) is 9.37 Å². The minimum absolute atomic E-state index is 0.194. The molecule has 0 spiro atoms. The Balaban J connectivity index is 1.61. The average molecular weight is 388 g/mol. The first-order valence-electron chi connectivity index (χ1n) is 7.20. The Hall–Kier alpha value is -1.98. The van der Waals surface area contributed by atoms with E-state index in [4.69, 9.17) is 0 Å². The maximum Gasteiger partial charge on any atom is 0.344 e. The molecule has 2 aromatic heterocycles. The molecule has 0 aliphatic rings. The number of aromatic amines is 1. The van der Waals surface area contributed by atoms with Crippen molar-refractivity contribution < 1.29 is 8.79 Å². The number of hydrogen-bond acceptors (Lipinski definition) is 1. The summed E-state index contributed by atoms with van der Waals surface area (Å²) < 4.78 is 16.1. The number of nitrogens with zero attached hydrogens (tertiary/aromatic N) is 1. The van der Waals surface area contributed by atoms with Crippen LogP contribution in [0.1, 0.15) is 10.4 Å². The van der Waals surface area contributed by atoms with Crippen molar-refractivity contribution >= 4 is 32.2 Å². The molecule has 0 saturated heterocycles. The van der Waals surface area contributed by atoms with Crippen molar-refractivity contribution in [2.24, 2.45) is 0 Å². The zero-order valence-corrected chi connectivity index (χ0v) is 14.5. The van der Waals surface area contributed by atoms with Gasteiger partial charge in [0.25, 0.3) is 0 Å². The van der Waals surface area contributed by atoms with Gasteiger partial charge in [-0.15, -0.1) is 0 Å². The van der Waals surface area contributed by atoms with Crippen molar-refractivity contribution in [3.05, 3.63) is 81.7 Å². The highest BCUT2D eigenvalue weighted by Crippen LogP contribution is 2.23. The van der Waals surface area contributed by atoms with E-state index < -0.39 is 0 Å². The highest BCUT2D eigenvalue weighted by molar-refractivity contribution is 9.10. The molecule has 23 heavy (non-hydrogen) atoms. The van der Waals surface area contributed by atoms with Gasteiger partial charge >= 0.3 is 4.96 Å². The Labute approximate surface area is 145 Å². The number of halogens is 2. The van der Waals surface area contributed by atoms with Gasteiger partial charge < -0.3 is 0 Å². The Morgan fingerprint density at radius 2 is 1.74 bits per heavy atom. The summed E-state index contributed by atoms with van der Waals surface area (Å²) in [4.78, 5) is 5.79. The highest BCUT2D eigenvalue weighted by Gasteiger charge is 2.15. The molecule has 4 rings (SSSR count). The Kier molecular flexibility index (Phi) is 3.75. The molecule has 0 saturated carbocycles. The number of nitrogens with one attached hydrogen (secondary N) is 1. The molecule has 114 valence electrons. The molecule has 5 heteroatoms. The quantitative estimate of drug-likeness (QED) is 0.478. The second-order valence-corrected chi connectivity index (χ2v) is 7.42. The van der Waals surface area contributed by atoms with Crippen molar-refractivity contribution in [3.8, 4) is 11.3 Å². The summed E-state index contributed by atoms with van der Waals surface area (Å²) in [5.41, 5.74) is 3.37. The molecule has 2 heterocycles. The van der Waals surface area contributed by atoms with Gasteiger partial charge in [-0.1, -0.05) is 39.4 Å². The van der Waals surface area contributed by atoms with E-state index in [1.165, 1.54) is 17.0 Å². The molecule has 0 unspecified atom stereocenters. The van der Waals surface area contributed by atoms with Gasteiger partial charge in [0.05, 0.1) is 4.88 Å². The smallest absolute Gasteiger partial charge is 0.227 e. The molecule has 0 amide bonds. The van der Waals surface area contributed by atoms with Crippen LogP contribution in [0.25, 0.3) is 16.2 Å². The number of rotatable bonds is 3. The lowest BCUT2D eigenvalue weighted by Crippen LogP contribution is -2.12. The summed E-state index contributed by atoms with van der Waals surface area (Å²) in [7, 11) is 0. The van der Waals surface area contributed by atoms with Crippen molar-refractivity contribution in [2.45, 2.75) is 6.42 Å². The lowest BCUT2D eigenvalue weighted by atomic mass is 10.1. The number of fused-ring (bicyclic) bond motifs is 1. The van der Waals surface area contributed by atoms with Crippen molar-refractivity contribution in [1.82, 2.24) is 4.98 Å². The molecule has 0 aliphatic carbocycles. The Morgan fingerprint density at radius 3 is 2.43 bits per heavy atom. The summed E-state index contributed by atoms with van der Waals surface area (Å²) in [6.45, 7) is 0. The second-order valence-electron chi connectivity index (χ2n) is 5.39. The van der Waals surface area contributed by atoms with Crippen LogP contribution >= 0.6 is 27.3 Å². The fraction of sp³-hybridized carbons (Fsp3) is 0.0556. The molecule has 1 N–H and O–H groups in total. The number of aromatic nitrogens is 2. The summed E-state index contributed by atoms with van der Waals surface area (Å²) in [6, 6.07) is 14.9. The Morgan fingerprint density at radius 1 is 1.00 bits per heavy atom. The van der Waals surface area contributed by atoms with Crippen molar-refractivity contribution in [3.63, 3.8) is 0 Å². The molecular formula is C18H13BrFN2S+. The van der Waals surface area contributed by atoms with Crippen LogP contribution in [-0.2, 0) is 6.42 Å². The van der Waals surface area contributed by atoms with Gasteiger partial charge in [-0.2, -0.15) is 4.40 Å². The molecule has 0 radical (unpaired) electrons. The number of H-pyrrole nitrogens is 1. The molecular weight excluding hydrogens is 375 g/mol. The van der Waals surface area contributed by atoms with Crippen LogP contribution in [0.2, 0.25) is 0 Å². The normalized spacial score (nSPS) is 11.2. The van der Waals surface area contributed by atoms with Gasteiger partial charge in [0, 0.05) is 16.5 Å². The van der Waals surface area contributed by atoms with Crippen LogP contribution in [0.15, 0.2) is 65.4 Å². The van der Waals surface area contributed by atoms with E-state index in [1.54, 1.807) is 11.3 Å². The summed E-state index contributed by atoms with van der Waals surface area (Å²) >= 11 is 5.17. The van der Waals surface area contributed by atoms with E-state index >= 15 is 0 Å². The van der Waals surface area contributed by atoms with Gasteiger partial charge in [0.15, 0.2) is 5.69 Å². The molecule has 2 aromatic carbocycles. The maximum absolute atomic E-state index is 13.0. The monoisotopic (exact) mass is 387 g/mol. The SMILES string of the molecule is Fc1ccc(Cc2c[n+]3cc(-c4ccc(Br)cc4)[nH]c3s2)cc1. The van der Waals surface area contributed by atoms with Crippen LogP contribution in [0, 0.1) is 5.82 Å². The van der Waals surface area contributed by atoms with E-state index in [0.29, 0.717) is 0 Å². The molecule has 2 nitrogen and oxygen atoms in total. The summed E-state index contributed by atoms with van der Waals surface area (Å²) in [5.74, 6) is -0.194. The fourth-order valence-corrected chi connectivity index (χ4v) is 3.84. The van der Waals surface area contributed by atoms with Crippen molar-refractivity contribution in [1.29, 1.82) is 0 Å². The van der Waals surface area contributed by atoms with E-state index in [1.807, 2.05) is 24.3 Å². The van der Waals surface area contributed by atoms with Crippen LogP contribution in [0.5, 0.6) is 0 Å². The first kappa shape index (κ1) is 14.6. The third-order valence-electron chi connectivity index (χ3n) is 3.70. The van der Waals surface area contributed by atoms with Crippen LogP contribution < -0.4 is 4.40 Å². The molecule has 0 aliphatic heterocycles. The van der Waals surface area contributed by atoms with Crippen LogP contribution in [0.3, 0.4) is 0 Å². The van der Waals surface area contributed by atoms with E-state index in [0.717, 1.165) is 32.7 Å². The first-order valence-corrected chi connectivity index (χ1v) is 8.81. The zero-order valence-electron chi connectivity index (χ0n) is 12.1. The summed E-state index contributed by atoms with van der Waals surface area (Å²) in [5, 5.41) is 0. The minimum Gasteiger partial charge on any atom is -0.227 e. The van der Waals surface area contributed by atoms with Crippen LogP contribution in [-0.4, -0.2) is 4.98 Å². The molecule has 0 fully saturated rings. The number of thiazole rings is 1. The molecule has 0 bridgehead atoms. The predicted octanol–water partition coefficient (Wildman–Crippen LogP) is 4.97. The van der Waals surface area contributed by atoms with Gasteiger partial charge in [-0.05, 0) is 42.0 Å². The largest absolute Gasteiger partial charge is 0.344 e. The lowest BCUT2D eigenvalue weighted by molar-refractivity contribution is -0.505. The van der Waals surface area contributed by atoms with Gasteiger partial charge in [0.2, 0.25) is 0 Å². The third kappa shape index (κ3) is 3.07. The molecule has 4 aromatic rings. The third-order valence-corrected chi connectivity index (χ3v) is 5.25. The first-order chi connectivity index (χ1) is 11.2. The lowest BCUT2D eigenvalue weighted by Gasteiger charge is -1.96. The topological polar surface area (TPSA) is 19.9 Å². The van der Waals surface area contributed by atoms with Crippen LogP contribution in [0.4, 0.5) is 4.39 Å². The second kappa shape index (κ2) is 5.91. The number of hydrogen-bond donors (Lipinski definition) is 1. The fourth-order valence-electron chi connectivity index (χ4n) is 2.55. The van der Waals surface area contributed by atoms with E-state index in [-0.39, 0.29) is 5.82 Å². The minimum atomic E-state index is -0.194. The standard InChI is InChI=1S/C18H12BrFN2S/c19-14-5-3-13(4-6-14)17-11-22-10-16(23-18(22)21-17)9-12-1-7-15(20)8-2-12/h1-8,10-11H,9H2/p+1. The number of imidazole rings is 1. The van der Waals surface area contributed by atoms with Gasteiger partial charge in [-0.3, -0.25) is 0 Å². The molecule has 0 atom stereocenters. The maximum atomic E-state index is 13.0. The average Bonchev–Trinajstić information content (AvgIpc) is 3.09. The van der Waals surface area contributed by atoms with E-state index in [9.17, 15) is 4.39 Å².